The SMILES string of the molecule is COC1=CC(=O)c2c(O)c3c(c(O)c2C1=O)C(=O)[C@]1(CCc2cc4cc(C=NNC(=O)Cc5c[nH]c6ccc(Br)cc56)[nH]c(=O)c4c(O)c21)C3=O. The van der Waals surface area contributed by atoms with Gasteiger partial charge < -0.3 is 30.0 Å². The number of aromatic amines is 2. The number of carbonyl (C=O) groups excluding carboxylic acids is 5. The highest BCUT2D eigenvalue weighted by Crippen LogP contribution is 2.57. The summed E-state index contributed by atoms with van der Waals surface area (Å²) < 4.78 is 5.79. The van der Waals surface area contributed by atoms with Crippen LogP contribution in [0, 0.1) is 0 Å². The third-order valence-electron chi connectivity index (χ3n) is 9.73. The molecule has 0 aliphatic heterocycles. The summed E-state index contributed by atoms with van der Waals surface area (Å²) in [5, 5.41) is 38.8. The molecule has 2 aromatic heterocycles. The lowest BCUT2D eigenvalue weighted by atomic mass is 9.76. The van der Waals surface area contributed by atoms with E-state index in [2.05, 4.69) is 36.4 Å². The molecule has 2 heterocycles. The smallest absolute Gasteiger partial charge is 0.260 e. The molecular weight excluding hydrogens is 728 g/mol. The average molecular weight is 752 g/mol. The van der Waals surface area contributed by atoms with E-state index in [9.17, 15) is 44.1 Å². The fourth-order valence-electron chi connectivity index (χ4n) is 7.51. The third kappa shape index (κ3) is 4.37. The van der Waals surface area contributed by atoms with Crippen molar-refractivity contribution in [2.45, 2.75) is 24.7 Å². The number of amides is 1. The van der Waals surface area contributed by atoms with Crippen LogP contribution in [0.4, 0.5) is 0 Å². The molecule has 0 unspecified atom stereocenters. The van der Waals surface area contributed by atoms with Crippen LogP contribution in [0.15, 0.2) is 62.7 Å². The van der Waals surface area contributed by atoms with Gasteiger partial charge in [0.15, 0.2) is 23.1 Å². The monoisotopic (exact) mass is 750 g/mol. The Balaban J connectivity index is 1.13. The first-order valence-corrected chi connectivity index (χ1v) is 16.2. The largest absolute Gasteiger partial charge is 0.507 e. The maximum atomic E-state index is 14.2. The van der Waals surface area contributed by atoms with E-state index in [0.29, 0.717) is 5.56 Å². The normalized spacial score (nSPS) is 17.8. The number of halogens is 1. The van der Waals surface area contributed by atoms with Crippen LogP contribution in [0.3, 0.4) is 0 Å². The molecule has 51 heavy (non-hydrogen) atoms. The quantitative estimate of drug-likeness (QED) is 0.0660. The number of phenolic OH excluding ortho intramolecular Hbond substituents is 3. The summed E-state index contributed by atoms with van der Waals surface area (Å²) in [6, 6.07) is 8.68. The van der Waals surface area contributed by atoms with E-state index in [-0.39, 0.29) is 41.3 Å². The van der Waals surface area contributed by atoms with Gasteiger partial charge >= 0.3 is 0 Å². The minimum absolute atomic E-state index is 0.0287. The highest BCUT2D eigenvalue weighted by Gasteiger charge is 2.61. The van der Waals surface area contributed by atoms with Crippen molar-refractivity contribution in [2.75, 3.05) is 7.11 Å². The van der Waals surface area contributed by atoms with Crippen molar-refractivity contribution >= 4 is 72.9 Å². The number of carbonyl (C=O) groups is 5. The van der Waals surface area contributed by atoms with Crippen molar-refractivity contribution in [2.24, 2.45) is 5.10 Å². The Morgan fingerprint density at radius 1 is 1.00 bits per heavy atom. The number of pyridine rings is 1. The molecule has 0 saturated carbocycles. The minimum atomic E-state index is -2.16. The van der Waals surface area contributed by atoms with Crippen molar-refractivity contribution in [3.63, 3.8) is 0 Å². The van der Waals surface area contributed by atoms with Gasteiger partial charge in [-0.05, 0) is 53.6 Å². The number of phenols is 3. The summed E-state index contributed by atoms with van der Waals surface area (Å²) in [4.78, 5) is 85.9. The summed E-state index contributed by atoms with van der Waals surface area (Å²) in [7, 11) is 1.13. The van der Waals surface area contributed by atoms with Crippen molar-refractivity contribution < 1.29 is 44.0 Å². The van der Waals surface area contributed by atoms with E-state index in [4.69, 9.17) is 4.74 Å². The molecule has 0 radical (unpaired) electrons. The molecule has 0 bridgehead atoms. The molecular formula is C36H23BrN4O10. The van der Waals surface area contributed by atoms with Crippen molar-refractivity contribution in [1.82, 2.24) is 15.4 Å². The Labute approximate surface area is 293 Å². The number of methoxy groups -OCH3 is 1. The first kappa shape index (κ1) is 31.9. The molecule has 15 heteroatoms. The molecule has 5 aromatic rings. The lowest BCUT2D eigenvalue weighted by Crippen LogP contribution is -2.36. The number of allylic oxidation sites excluding steroid dienone is 2. The highest BCUT2D eigenvalue weighted by molar-refractivity contribution is 9.10. The number of hydrazone groups is 1. The molecule has 3 aromatic carbocycles. The van der Waals surface area contributed by atoms with E-state index in [1.165, 1.54) is 18.3 Å². The lowest BCUT2D eigenvalue weighted by molar-refractivity contribution is -0.120. The van der Waals surface area contributed by atoms with Crippen molar-refractivity contribution in [1.29, 1.82) is 0 Å². The summed E-state index contributed by atoms with van der Waals surface area (Å²) in [5.74, 6) is -7.32. The average Bonchev–Trinajstić information content (AvgIpc) is 3.74. The molecule has 0 saturated heterocycles. The van der Waals surface area contributed by atoms with Crippen molar-refractivity contribution in [3.05, 3.63) is 108 Å². The summed E-state index contributed by atoms with van der Waals surface area (Å²) in [6.07, 6.45) is 3.67. The van der Waals surface area contributed by atoms with E-state index in [1.54, 1.807) is 6.20 Å². The number of Topliss-reactive ketones (excluding diaryl/α,β-unsaturated/α-hetero) is 3. The number of ether oxygens (including phenoxy) is 1. The second kappa shape index (κ2) is 11.1. The summed E-state index contributed by atoms with van der Waals surface area (Å²) in [6.45, 7) is 0. The van der Waals surface area contributed by atoms with Gasteiger partial charge in [-0.2, -0.15) is 5.10 Å². The van der Waals surface area contributed by atoms with Gasteiger partial charge in [0.2, 0.25) is 11.7 Å². The van der Waals surface area contributed by atoms with E-state index in [0.717, 1.165) is 34.1 Å². The molecule has 6 N–H and O–H groups in total. The molecule has 1 atom stereocenters. The number of aromatic nitrogens is 2. The fourth-order valence-corrected chi connectivity index (χ4v) is 7.87. The second-order valence-electron chi connectivity index (χ2n) is 12.4. The molecule has 3 aliphatic carbocycles. The number of hydrogen-bond acceptors (Lipinski definition) is 11. The zero-order valence-corrected chi connectivity index (χ0v) is 27.9. The number of rotatable bonds is 5. The Morgan fingerprint density at radius 3 is 2.45 bits per heavy atom. The number of H-pyrrole nitrogens is 2. The Kier molecular flexibility index (Phi) is 6.93. The molecule has 1 amide bonds. The van der Waals surface area contributed by atoms with Gasteiger partial charge in [0.1, 0.15) is 22.7 Å². The van der Waals surface area contributed by atoms with Gasteiger partial charge in [0.05, 0.1) is 53.1 Å². The summed E-state index contributed by atoms with van der Waals surface area (Å²) >= 11 is 3.42. The molecule has 254 valence electrons. The van der Waals surface area contributed by atoms with Crippen LogP contribution in [0.2, 0.25) is 0 Å². The highest BCUT2D eigenvalue weighted by atomic mass is 79.9. The van der Waals surface area contributed by atoms with Gasteiger partial charge in [0, 0.05) is 33.2 Å². The zero-order valence-electron chi connectivity index (χ0n) is 26.3. The standard InChI is InChI=1S/C36H23BrN4O10/c1-51-21-10-20(42)24-25(29(21)44)31(46)27-26(30(24)45)33(48)36(34(27)49)5-4-13-6-14-7-17(40-35(50)23(14)32(47)28(13)36)12-39-41-22(43)8-15-11-38-19-3-2-16(37)9-18(15)19/h2-3,6-7,9-12,38,45-47H,4-5,8H2,1H3,(H,40,50)(H,41,43)/t36-/m0/s1. The van der Waals surface area contributed by atoms with E-state index >= 15 is 0 Å². The van der Waals surface area contributed by atoms with Crippen LogP contribution >= 0.6 is 15.9 Å². The minimum Gasteiger partial charge on any atom is -0.507 e. The van der Waals surface area contributed by atoms with Crippen LogP contribution in [0.25, 0.3) is 21.7 Å². The topological polar surface area (TPSA) is 228 Å². The molecule has 8 rings (SSSR count). The Morgan fingerprint density at radius 2 is 1.73 bits per heavy atom. The second-order valence-corrected chi connectivity index (χ2v) is 13.3. The predicted molar refractivity (Wildman–Crippen MR) is 184 cm³/mol. The van der Waals surface area contributed by atoms with Gasteiger partial charge in [-0.1, -0.05) is 22.0 Å². The predicted octanol–water partition coefficient (Wildman–Crippen LogP) is 3.75. The first-order chi connectivity index (χ1) is 24.4. The Bertz CT molecular complexity index is 2650. The van der Waals surface area contributed by atoms with E-state index in [1.807, 2.05) is 18.2 Å². The number of benzene rings is 3. The fraction of sp³-hybridized carbons (Fsp3) is 0.139. The van der Waals surface area contributed by atoms with Crippen LogP contribution in [0.5, 0.6) is 17.2 Å². The van der Waals surface area contributed by atoms with Gasteiger partial charge in [-0.15, -0.1) is 0 Å². The molecule has 1 spiro atoms. The number of hydrogen-bond donors (Lipinski definition) is 6. The number of aryl methyl sites for hydroxylation is 1. The zero-order chi connectivity index (χ0) is 36.1. The lowest BCUT2D eigenvalue weighted by Gasteiger charge is -2.22. The van der Waals surface area contributed by atoms with Gasteiger partial charge in [-0.25, -0.2) is 5.43 Å². The van der Waals surface area contributed by atoms with Crippen LogP contribution in [-0.2, 0) is 27.8 Å². The number of nitrogens with zero attached hydrogens (tertiary/aromatic N) is 1. The number of nitrogens with one attached hydrogen (secondary N) is 3. The van der Waals surface area contributed by atoms with Crippen LogP contribution in [0.1, 0.15) is 70.2 Å². The van der Waals surface area contributed by atoms with Crippen LogP contribution < -0.4 is 11.0 Å². The maximum absolute atomic E-state index is 14.2. The maximum Gasteiger partial charge on any atom is 0.260 e. The number of aromatic hydroxyl groups is 3. The number of ketones is 4. The molecule has 0 fully saturated rings. The molecule has 14 nitrogen and oxygen atoms in total. The third-order valence-corrected chi connectivity index (χ3v) is 10.2. The van der Waals surface area contributed by atoms with Crippen LogP contribution in [-0.4, -0.2) is 67.7 Å². The molecule has 3 aliphatic rings. The van der Waals surface area contributed by atoms with Gasteiger partial charge in [0.25, 0.3) is 5.56 Å². The van der Waals surface area contributed by atoms with E-state index < -0.39 is 85.3 Å². The first-order valence-electron chi connectivity index (χ1n) is 15.4. The van der Waals surface area contributed by atoms with Crippen molar-refractivity contribution in [3.8, 4) is 17.2 Å². The number of fused-ring (bicyclic) bond motifs is 6. The Hall–Kier alpha value is -6.35. The summed E-state index contributed by atoms with van der Waals surface area (Å²) in [5.41, 5.74) is -1.19. The van der Waals surface area contributed by atoms with Gasteiger partial charge in [-0.3, -0.25) is 28.8 Å².